The van der Waals surface area contributed by atoms with E-state index < -0.39 is 6.04 Å². The Balaban J connectivity index is 2.69. The van der Waals surface area contributed by atoms with Gasteiger partial charge in [0.1, 0.15) is 6.04 Å². The van der Waals surface area contributed by atoms with E-state index in [0.29, 0.717) is 30.9 Å². The number of methoxy groups -OCH3 is 2. The van der Waals surface area contributed by atoms with Gasteiger partial charge in [0.05, 0.1) is 20.8 Å². The van der Waals surface area contributed by atoms with E-state index in [1.54, 1.807) is 26.2 Å². The lowest BCUT2D eigenvalue weighted by Crippen LogP contribution is -2.51. The van der Waals surface area contributed by atoms with Gasteiger partial charge in [-0.15, -0.1) is 0 Å². The van der Waals surface area contributed by atoms with Gasteiger partial charge in [-0.1, -0.05) is 26.3 Å². The molecule has 7 nitrogen and oxygen atoms in total. The zero-order valence-corrected chi connectivity index (χ0v) is 19.3. The van der Waals surface area contributed by atoms with Gasteiger partial charge in [0, 0.05) is 20.0 Å². The van der Waals surface area contributed by atoms with E-state index >= 15 is 0 Å². The van der Waals surface area contributed by atoms with Crippen molar-refractivity contribution in [1.82, 2.24) is 10.2 Å². The van der Waals surface area contributed by atoms with Crippen molar-refractivity contribution >= 4 is 11.8 Å². The Labute approximate surface area is 181 Å². The lowest BCUT2D eigenvalue weighted by Gasteiger charge is -2.28. The summed E-state index contributed by atoms with van der Waals surface area (Å²) in [7, 11) is 5.00. The van der Waals surface area contributed by atoms with Crippen LogP contribution >= 0.6 is 0 Å². The molecule has 0 aliphatic carbocycles. The Morgan fingerprint density at radius 1 is 1.13 bits per heavy atom. The Hall–Kier alpha value is -2.28. The van der Waals surface area contributed by atoms with Crippen LogP contribution in [0.3, 0.4) is 0 Å². The van der Waals surface area contributed by atoms with E-state index in [2.05, 4.69) is 11.1 Å². The first-order valence-electron chi connectivity index (χ1n) is 10.9. The van der Waals surface area contributed by atoms with E-state index in [-0.39, 0.29) is 17.7 Å². The van der Waals surface area contributed by atoms with Crippen LogP contribution in [0.1, 0.15) is 51.5 Å². The monoisotopic (exact) mass is 422 g/mol. The highest BCUT2D eigenvalue weighted by Gasteiger charge is 2.28. The first kappa shape index (κ1) is 25.8. The Kier molecular flexibility index (Phi) is 11.9. The minimum Gasteiger partial charge on any atom is -0.493 e. The fourth-order valence-electron chi connectivity index (χ4n) is 3.25. The minimum absolute atomic E-state index is 0.0454. The van der Waals surface area contributed by atoms with Crippen molar-refractivity contribution in [2.75, 3.05) is 34.4 Å². The first-order chi connectivity index (χ1) is 14.4. The maximum absolute atomic E-state index is 13.1. The van der Waals surface area contributed by atoms with Gasteiger partial charge in [0.2, 0.25) is 11.8 Å². The molecule has 0 unspecified atom stereocenters. The third kappa shape index (κ3) is 8.22. The van der Waals surface area contributed by atoms with E-state index in [0.717, 1.165) is 37.8 Å². The topological polar surface area (TPSA) is 95.5 Å². The quantitative estimate of drug-likeness (QED) is 0.449. The summed E-state index contributed by atoms with van der Waals surface area (Å²) in [5.74, 6) is 1.33. The van der Waals surface area contributed by atoms with E-state index in [1.165, 1.54) is 0 Å². The lowest BCUT2D eigenvalue weighted by molar-refractivity contribution is -0.368. The van der Waals surface area contributed by atoms with Crippen molar-refractivity contribution in [1.29, 1.82) is 0 Å². The minimum atomic E-state index is -0.495. The van der Waals surface area contributed by atoms with Crippen LogP contribution in [-0.4, -0.2) is 57.1 Å². The van der Waals surface area contributed by atoms with Crippen LogP contribution in [0, 0.1) is 5.92 Å². The molecule has 0 aliphatic heterocycles. The second-order valence-electron chi connectivity index (χ2n) is 7.79. The van der Waals surface area contributed by atoms with Gasteiger partial charge in [-0.25, -0.2) is 0 Å². The molecule has 0 radical (unpaired) electrons. The van der Waals surface area contributed by atoms with Crippen LogP contribution < -0.4 is 20.5 Å². The maximum atomic E-state index is 13.1. The fraction of sp³-hybridized carbons (Fsp3) is 0.652. The molecule has 170 valence electrons. The molecular weight excluding hydrogens is 382 g/mol. The predicted octanol–water partition coefficient (Wildman–Crippen LogP) is 2.04. The molecule has 0 saturated carbocycles. The standard InChI is InChI=1S/C23H39N3O4/c1-6-17(2)22(25-21(27)10-8-7-9-14-24)23(28)26(3)15-13-18-11-12-19(29-4)20(16-18)30-5/h11-12,16-17,22H,6-10,13-15,24H2,1-5H3,(H,25,27)/p+1/t17-,22-/m0/s1. The second-order valence-corrected chi connectivity index (χ2v) is 7.79. The molecule has 0 bridgehead atoms. The summed E-state index contributed by atoms with van der Waals surface area (Å²) in [5, 5.41) is 2.97. The number of nitrogens with zero attached hydrogens (tertiary/aromatic N) is 1. The SMILES string of the molecule is CC[C@H](C)[C@H](NC(=O)CCCCC[NH3+])C(=O)N(C)CCc1ccc(OC)c(OC)c1. The molecule has 0 heterocycles. The molecule has 0 aliphatic rings. The number of likely N-dealkylation sites (N-methyl/N-ethyl adjacent to an activating group) is 1. The number of unbranched alkanes of at least 4 members (excludes halogenated alkanes) is 2. The van der Waals surface area contributed by atoms with Crippen LogP contribution in [0.4, 0.5) is 0 Å². The largest absolute Gasteiger partial charge is 0.493 e. The van der Waals surface area contributed by atoms with Crippen LogP contribution in [0.5, 0.6) is 11.5 Å². The van der Waals surface area contributed by atoms with Crippen molar-refractivity contribution < 1.29 is 24.8 Å². The van der Waals surface area contributed by atoms with Crippen molar-refractivity contribution in [2.24, 2.45) is 5.92 Å². The average Bonchev–Trinajstić information content (AvgIpc) is 2.77. The molecule has 1 aromatic carbocycles. The summed E-state index contributed by atoms with van der Waals surface area (Å²) >= 11 is 0. The fourth-order valence-corrected chi connectivity index (χ4v) is 3.25. The molecule has 2 amide bonds. The van der Waals surface area contributed by atoms with E-state index in [1.807, 2.05) is 32.0 Å². The third-order valence-electron chi connectivity index (χ3n) is 5.51. The normalized spacial score (nSPS) is 12.7. The molecule has 1 aromatic rings. The number of quaternary nitrogens is 1. The molecule has 0 aromatic heterocycles. The number of hydrogen-bond acceptors (Lipinski definition) is 4. The smallest absolute Gasteiger partial charge is 0.245 e. The Morgan fingerprint density at radius 3 is 2.43 bits per heavy atom. The molecule has 0 spiro atoms. The molecule has 0 fully saturated rings. The van der Waals surface area contributed by atoms with E-state index in [4.69, 9.17) is 9.47 Å². The molecule has 4 N–H and O–H groups in total. The Morgan fingerprint density at radius 2 is 1.83 bits per heavy atom. The van der Waals surface area contributed by atoms with Gasteiger partial charge in [-0.3, -0.25) is 9.59 Å². The van der Waals surface area contributed by atoms with Crippen LogP contribution in [0.15, 0.2) is 18.2 Å². The number of rotatable bonds is 14. The van der Waals surface area contributed by atoms with Crippen molar-refractivity contribution in [3.05, 3.63) is 23.8 Å². The number of ether oxygens (including phenoxy) is 2. The van der Waals surface area contributed by atoms with Crippen LogP contribution in [0.25, 0.3) is 0 Å². The van der Waals surface area contributed by atoms with Gasteiger partial charge in [-0.05, 0) is 49.3 Å². The van der Waals surface area contributed by atoms with Crippen molar-refractivity contribution in [3.63, 3.8) is 0 Å². The van der Waals surface area contributed by atoms with Crippen LogP contribution in [0.2, 0.25) is 0 Å². The molecular formula is C23H40N3O4+. The molecule has 1 rings (SSSR count). The Bertz CT molecular complexity index is 666. The van der Waals surface area contributed by atoms with Crippen LogP contribution in [-0.2, 0) is 16.0 Å². The first-order valence-corrected chi connectivity index (χ1v) is 10.9. The third-order valence-corrected chi connectivity index (χ3v) is 5.51. The lowest BCUT2D eigenvalue weighted by atomic mass is 9.97. The zero-order valence-electron chi connectivity index (χ0n) is 19.3. The van der Waals surface area contributed by atoms with Gasteiger partial charge in [-0.2, -0.15) is 0 Å². The number of carbonyl (C=O) groups is 2. The summed E-state index contributed by atoms with van der Waals surface area (Å²) in [6.45, 7) is 5.49. The summed E-state index contributed by atoms with van der Waals surface area (Å²) in [5.41, 5.74) is 4.88. The highest BCUT2D eigenvalue weighted by atomic mass is 16.5. The van der Waals surface area contributed by atoms with Crippen molar-refractivity contribution in [2.45, 2.75) is 58.4 Å². The highest BCUT2D eigenvalue weighted by molar-refractivity contribution is 5.87. The summed E-state index contributed by atoms with van der Waals surface area (Å²) in [4.78, 5) is 27.1. The zero-order chi connectivity index (χ0) is 22.5. The van der Waals surface area contributed by atoms with Gasteiger partial charge in [0.25, 0.3) is 0 Å². The second kappa shape index (κ2) is 13.9. The molecule has 30 heavy (non-hydrogen) atoms. The number of amides is 2. The number of hydrogen-bond donors (Lipinski definition) is 2. The van der Waals surface area contributed by atoms with Gasteiger partial charge < -0.3 is 25.4 Å². The number of nitrogens with one attached hydrogen (secondary N) is 1. The summed E-state index contributed by atoms with van der Waals surface area (Å²) < 4.78 is 10.6. The summed E-state index contributed by atoms with van der Waals surface area (Å²) in [6, 6.07) is 5.27. The summed E-state index contributed by atoms with van der Waals surface area (Å²) in [6.07, 6.45) is 4.81. The average molecular weight is 423 g/mol. The van der Waals surface area contributed by atoms with Crippen molar-refractivity contribution in [3.8, 4) is 11.5 Å². The highest BCUT2D eigenvalue weighted by Crippen LogP contribution is 2.27. The van der Waals surface area contributed by atoms with E-state index in [9.17, 15) is 9.59 Å². The number of carbonyl (C=O) groups excluding carboxylic acids is 2. The molecule has 7 heteroatoms. The molecule has 0 saturated heterocycles. The van der Waals surface area contributed by atoms with Gasteiger partial charge >= 0.3 is 0 Å². The molecule has 2 atom stereocenters. The predicted molar refractivity (Wildman–Crippen MR) is 118 cm³/mol. The van der Waals surface area contributed by atoms with Gasteiger partial charge in [0.15, 0.2) is 11.5 Å². The number of benzene rings is 1. The maximum Gasteiger partial charge on any atom is 0.245 e.